The van der Waals surface area contributed by atoms with E-state index in [1.807, 2.05) is 17.0 Å². The van der Waals surface area contributed by atoms with Gasteiger partial charge in [-0.15, -0.1) is 21.5 Å². The Balaban J connectivity index is 1.38. The Hall–Kier alpha value is -2.19. The minimum Gasteiger partial charge on any atom is -0.309 e. The van der Waals surface area contributed by atoms with Gasteiger partial charge in [0.25, 0.3) is 0 Å². The highest BCUT2D eigenvalue weighted by molar-refractivity contribution is 7.99. The lowest BCUT2D eigenvalue weighted by Crippen LogP contribution is -2.14. The highest BCUT2D eigenvalue weighted by Gasteiger charge is 2.29. The second kappa shape index (κ2) is 7.67. The predicted octanol–water partition coefficient (Wildman–Crippen LogP) is 4.47. The van der Waals surface area contributed by atoms with E-state index in [0.717, 1.165) is 22.2 Å². The van der Waals surface area contributed by atoms with Crippen molar-refractivity contribution >= 4 is 34.1 Å². The van der Waals surface area contributed by atoms with Crippen molar-refractivity contribution in [2.24, 2.45) is 7.05 Å². The van der Waals surface area contributed by atoms with E-state index in [4.69, 9.17) is 0 Å². The Morgan fingerprint density at radius 1 is 1.21 bits per heavy atom. The number of amides is 1. The number of carbonyl (C=O) groups is 1. The molecule has 28 heavy (non-hydrogen) atoms. The third-order valence-corrected chi connectivity index (χ3v) is 6.79. The Labute approximate surface area is 172 Å². The van der Waals surface area contributed by atoms with Crippen molar-refractivity contribution in [2.75, 3.05) is 11.1 Å². The molecule has 1 aromatic carbocycles. The number of hydrogen-bond acceptors (Lipinski definition) is 6. The topological polar surface area (TPSA) is 72.7 Å². The molecule has 8 heteroatoms. The first-order valence-corrected chi connectivity index (χ1v) is 11.1. The second-order valence-electron chi connectivity index (χ2n) is 7.30. The van der Waals surface area contributed by atoms with Crippen LogP contribution >= 0.6 is 23.1 Å². The van der Waals surface area contributed by atoms with Gasteiger partial charge in [-0.3, -0.25) is 4.79 Å². The van der Waals surface area contributed by atoms with Crippen LogP contribution in [0.1, 0.15) is 41.3 Å². The largest absolute Gasteiger partial charge is 0.309 e. The van der Waals surface area contributed by atoms with Crippen LogP contribution in [0, 0.1) is 20.8 Å². The molecule has 0 bridgehead atoms. The average molecular weight is 414 g/mol. The summed E-state index contributed by atoms with van der Waals surface area (Å²) in [5.41, 5.74) is 5.72. The molecular weight excluding hydrogens is 390 g/mol. The smallest absolute Gasteiger partial charge is 0.236 e. The zero-order chi connectivity index (χ0) is 19.8. The summed E-state index contributed by atoms with van der Waals surface area (Å²) in [6, 6.07) is 4.34. The zero-order valence-corrected chi connectivity index (χ0v) is 18.1. The van der Waals surface area contributed by atoms with Crippen molar-refractivity contribution < 1.29 is 4.79 Å². The molecule has 0 unspecified atom stereocenters. The molecule has 4 rings (SSSR count). The van der Waals surface area contributed by atoms with Crippen molar-refractivity contribution in [3.63, 3.8) is 0 Å². The van der Waals surface area contributed by atoms with Crippen LogP contribution in [0.5, 0.6) is 0 Å². The van der Waals surface area contributed by atoms with Gasteiger partial charge < -0.3 is 9.88 Å². The van der Waals surface area contributed by atoms with E-state index in [1.165, 1.54) is 52.6 Å². The summed E-state index contributed by atoms with van der Waals surface area (Å²) in [6.07, 6.45) is 2.37. The van der Waals surface area contributed by atoms with Crippen LogP contribution in [0.4, 0.5) is 5.13 Å². The number of hydrogen-bond donors (Lipinski definition) is 1. The number of thiazole rings is 1. The molecule has 1 fully saturated rings. The van der Waals surface area contributed by atoms with Gasteiger partial charge in [-0.25, -0.2) is 4.98 Å². The van der Waals surface area contributed by atoms with Gasteiger partial charge in [-0.1, -0.05) is 17.8 Å². The molecule has 1 aliphatic carbocycles. The Morgan fingerprint density at radius 2 is 1.96 bits per heavy atom. The summed E-state index contributed by atoms with van der Waals surface area (Å²) in [5, 5.41) is 14.7. The van der Waals surface area contributed by atoms with Crippen LogP contribution in [-0.4, -0.2) is 31.4 Å². The van der Waals surface area contributed by atoms with Gasteiger partial charge >= 0.3 is 0 Å². The fraction of sp³-hybridized carbons (Fsp3) is 0.400. The SMILES string of the molecule is Cc1cc(C)c(-c2csc(NC(=O)CSc3nnc(C4CC4)n3C)n2)cc1C. The Bertz CT molecular complexity index is 1040. The fourth-order valence-electron chi connectivity index (χ4n) is 3.13. The molecule has 0 spiro atoms. The number of thioether (sulfide) groups is 1. The van der Waals surface area contributed by atoms with E-state index in [9.17, 15) is 4.79 Å². The number of nitrogens with one attached hydrogen (secondary N) is 1. The lowest BCUT2D eigenvalue weighted by Gasteiger charge is -2.07. The highest BCUT2D eigenvalue weighted by atomic mass is 32.2. The molecule has 6 nitrogen and oxygen atoms in total. The first-order chi connectivity index (χ1) is 13.4. The van der Waals surface area contributed by atoms with Crippen molar-refractivity contribution in [2.45, 2.75) is 44.7 Å². The third-order valence-electron chi connectivity index (χ3n) is 5.01. The molecule has 0 saturated heterocycles. The molecule has 1 saturated carbocycles. The fourth-order valence-corrected chi connectivity index (χ4v) is 4.57. The molecule has 0 radical (unpaired) electrons. The minimum absolute atomic E-state index is 0.0846. The summed E-state index contributed by atoms with van der Waals surface area (Å²) in [7, 11) is 1.97. The van der Waals surface area contributed by atoms with Crippen molar-refractivity contribution in [3.05, 3.63) is 40.0 Å². The Kier molecular flexibility index (Phi) is 5.25. The predicted molar refractivity (Wildman–Crippen MR) is 114 cm³/mol. The van der Waals surface area contributed by atoms with Crippen LogP contribution in [0.2, 0.25) is 0 Å². The van der Waals surface area contributed by atoms with E-state index in [2.05, 4.69) is 53.4 Å². The molecule has 2 heterocycles. The Morgan fingerprint density at radius 3 is 2.71 bits per heavy atom. The van der Waals surface area contributed by atoms with Crippen molar-refractivity contribution in [1.29, 1.82) is 0 Å². The molecular formula is C20H23N5OS2. The summed E-state index contributed by atoms with van der Waals surface area (Å²) < 4.78 is 2.00. The van der Waals surface area contributed by atoms with E-state index >= 15 is 0 Å². The number of carbonyl (C=O) groups excluding carboxylic acids is 1. The van der Waals surface area contributed by atoms with Gasteiger partial charge in [0, 0.05) is 23.9 Å². The highest BCUT2D eigenvalue weighted by Crippen LogP contribution is 2.39. The van der Waals surface area contributed by atoms with E-state index in [-0.39, 0.29) is 11.7 Å². The van der Waals surface area contributed by atoms with Gasteiger partial charge in [-0.05, 0) is 56.4 Å². The van der Waals surface area contributed by atoms with E-state index < -0.39 is 0 Å². The van der Waals surface area contributed by atoms with Gasteiger partial charge in [0.1, 0.15) is 5.82 Å². The summed E-state index contributed by atoms with van der Waals surface area (Å²) in [6.45, 7) is 6.31. The number of benzene rings is 1. The number of rotatable bonds is 6. The molecule has 2 aromatic heterocycles. The second-order valence-corrected chi connectivity index (χ2v) is 9.10. The summed E-state index contributed by atoms with van der Waals surface area (Å²) in [5.74, 6) is 1.77. The van der Waals surface area contributed by atoms with Crippen LogP contribution in [0.25, 0.3) is 11.3 Å². The molecule has 1 aliphatic rings. The third kappa shape index (κ3) is 3.98. The number of aromatic nitrogens is 4. The standard InChI is InChI=1S/C20H23N5OS2/c1-11-7-13(3)15(8-12(11)2)16-9-27-19(21-16)22-17(26)10-28-20-24-23-18(25(20)4)14-5-6-14/h7-9,14H,5-6,10H2,1-4H3,(H,21,22,26). The number of aryl methyl sites for hydroxylation is 3. The average Bonchev–Trinajstić information content (AvgIpc) is 3.28. The van der Waals surface area contributed by atoms with Crippen LogP contribution in [0.15, 0.2) is 22.7 Å². The maximum atomic E-state index is 12.3. The van der Waals surface area contributed by atoms with E-state index in [0.29, 0.717) is 11.0 Å². The van der Waals surface area contributed by atoms with Crippen LogP contribution in [0.3, 0.4) is 0 Å². The molecule has 146 valence electrons. The lowest BCUT2D eigenvalue weighted by molar-refractivity contribution is -0.113. The zero-order valence-electron chi connectivity index (χ0n) is 16.4. The number of nitrogens with zero attached hydrogens (tertiary/aromatic N) is 4. The number of anilines is 1. The van der Waals surface area contributed by atoms with Crippen molar-refractivity contribution in [1.82, 2.24) is 19.7 Å². The van der Waals surface area contributed by atoms with Gasteiger partial charge in [0.15, 0.2) is 10.3 Å². The first-order valence-electron chi connectivity index (χ1n) is 9.28. The van der Waals surface area contributed by atoms with E-state index in [1.54, 1.807) is 0 Å². The monoisotopic (exact) mass is 413 g/mol. The van der Waals surface area contributed by atoms with Gasteiger partial charge in [0.05, 0.1) is 11.4 Å². The summed E-state index contributed by atoms with van der Waals surface area (Å²) >= 11 is 2.85. The molecule has 1 amide bonds. The lowest BCUT2D eigenvalue weighted by atomic mass is 9.99. The minimum atomic E-state index is -0.0846. The normalized spacial score (nSPS) is 13.7. The summed E-state index contributed by atoms with van der Waals surface area (Å²) in [4.78, 5) is 16.9. The maximum Gasteiger partial charge on any atom is 0.236 e. The van der Waals surface area contributed by atoms with Crippen LogP contribution < -0.4 is 5.32 Å². The van der Waals surface area contributed by atoms with Gasteiger partial charge in [-0.2, -0.15) is 0 Å². The van der Waals surface area contributed by atoms with Gasteiger partial charge in [0.2, 0.25) is 5.91 Å². The first kappa shape index (κ1) is 19.1. The molecule has 0 atom stereocenters. The molecule has 3 aromatic rings. The quantitative estimate of drug-likeness (QED) is 0.604. The maximum absolute atomic E-state index is 12.3. The molecule has 1 N–H and O–H groups in total. The van der Waals surface area contributed by atoms with Crippen molar-refractivity contribution in [3.8, 4) is 11.3 Å². The molecule has 0 aliphatic heterocycles. The van der Waals surface area contributed by atoms with Crippen LogP contribution in [-0.2, 0) is 11.8 Å².